The quantitative estimate of drug-likeness (QED) is 0.0736. The van der Waals surface area contributed by atoms with Gasteiger partial charge in [-0.3, -0.25) is 19.6 Å². The maximum atomic E-state index is 12.0. The first kappa shape index (κ1) is 62.8. The number of carbonyl (C=O) groups is 5. The zero-order chi connectivity index (χ0) is 55.7. The van der Waals surface area contributed by atoms with Crippen molar-refractivity contribution < 1.29 is 48.8 Å². The predicted octanol–water partition coefficient (Wildman–Crippen LogP) is 10.4. The smallest absolute Gasteiger partial charge is 0.452 e. The van der Waals surface area contributed by atoms with Crippen LogP contribution in [0.15, 0.2) is 142 Å². The number of azo groups is 1. The number of aliphatic hydroxyl groups excluding tert-OH is 2. The number of aromatic carboxylic acids is 1. The lowest BCUT2D eigenvalue weighted by atomic mass is 9.94. The van der Waals surface area contributed by atoms with E-state index in [0.717, 1.165) is 61.7 Å². The molecule has 0 radical (unpaired) electrons. The number of carbonyl (C=O) groups excluding carboxylic acids is 4. The predicted molar refractivity (Wildman–Crippen MR) is 307 cm³/mol. The summed E-state index contributed by atoms with van der Waals surface area (Å²) >= 11 is 3.10. The number of aliphatic imine (C=N–C) groups is 2. The van der Waals surface area contributed by atoms with Crippen LogP contribution in [0.5, 0.6) is 0 Å². The van der Waals surface area contributed by atoms with Crippen LogP contribution in [-0.2, 0) is 19.1 Å². The molecule has 2 unspecified atom stereocenters. The Labute approximate surface area is 457 Å². The van der Waals surface area contributed by atoms with Crippen molar-refractivity contribution in [1.82, 2.24) is 10.6 Å². The van der Waals surface area contributed by atoms with Gasteiger partial charge in [0.15, 0.2) is 10.3 Å². The average molecular weight is 1100 g/mol. The Kier molecular flexibility index (Phi) is 26.5. The molecule has 2 atom stereocenters. The number of carboxylic acids is 1. The van der Waals surface area contributed by atoms with Gasteiger partial charge < -0.3 is 35.4 Å². The molecule has 5 N–H and O–H groups in total. The van der Waals surface area contributed by atoms with Crippen LogP contribution in [0.25, 0.3) is 0 Å². The highest BCUT2D eigenvalue weighted by Gasteiger charge is 2.46. The number of nitrogens with one attached hydrogen (secondary N) is 2. The first-order chi connectivity index (χ1) is 36.3. The number of nitrogens with zero attached hydrogens (tertiary/aromatic N) is 4. The van der Waals surface area contributed by atoms with Gasteiger partial charge in [0, 0.05) is 0 Å². The zero-order valence-corrected chi connectivity index (χ0v) is 47.4. The molecular weight excluding hydrogens is 1020 g/mol. The maximum absolute atomic E-state index is 12.0. The lowest BCUT2D eigenvalue weighted by molar-refractivity contribution is -0.122. The Morgan fingerprint density at radius 1 is 0.566 bits per heavy atom. The highest BCUT2D eigenvalue weighted by molar-refractivity contribution is 8.16. The lowest BCUT2D eigenvalue weighted by Crippen LogP contribution is -2.38. The van der Waals surface area contributed by atoms with Crippen LogP contribution >= 0.6 is 31.4 Å². The number of amides is 4. The van der Waals surface area contributed by atoms with Gasteiger partial charge in [0.25, 0.3) is 0 Å². The number of amidine groups is 2. The van der Waals surface area contributed by atoms with Gasteiger partial charge in [0.2, 0.25) is 11.8 Å². The number of thioether (sulfide) groups is 2. The van der Waals surface area contributed by atoms with Gasteiger partial charge in [-0.15, -0.1) is 0 Å². The second kappa shape index (κ2) is 32.1. The van der Waals surface area contributed by atoms with Crippen molar-refractivity contribution in [1.29, 1.82) is 0 Å². The third-order valence-electron chi connectivity index (χ3n) is 12.9. The maximum Gasteiger partial charge on any atom is 0.452 e. The first-order valence-electron chi connectivity index (χ1n) is 25.8. The molecule has 2 aliphatic heterocycles. The summed E-state index contributed by atoms with van der Waals surface area (Å²) in [6.07, 6.45) is 4.83. The molecule has 76 heavy (non-hydrogen) atoms. The van der Waals surface area contributed by atoms with E-state index in [1.54, 1.807) is 67.7 Å². The SMILES string of the molecule is CC(C)C1(C)SC(=NC2CCC(O)CC2)NC1=O.CC(C)C1(C)SC(=NC2CCC(O)CC2)NC1=O.CCOC(=O)N=NC(=O)OCC.O=C(O)c1ccccc1.c1ccc(P(c2ccccc2)c2ccccc2)cc1. The molecule has 4 aliphatic rings. The Morgan fingerprint density at radius 3 is 1.12 bits per heavy atom. The van der Waals surface area contributed by atoms with Crippen LogP contribution in [0.4, 0.5) is 9.59 Å². The topological polar surface area (TPSA) is 238 Å². The number of hydrogen-bond donors (Lipinski definition) is 5. The summed E-state index contributed by atoms with van der Waals surface area (Å²) in [4.78, 5) is 64.4. The first-order valence-corrected chi connectivity index (χ1v) is 28.8. The number of hydrogen-bond acceptors (Lipinski definition) is 13. The van der Waals surface area contributed by atoms with Gasteiger partial charge in [-0.2, -0.15) is 0 Å². The second-order valence-corrected chi connectivity index (χ2v) is 24.1. The summed E-state index contributed by atoms with van der Waals surface area (Å²) < 4.78 is 7.93. The molecular formula is C57H75N6O10PS2. The van der Waals surface area contributed by atoms with E-state index in [1.807, 2.05) is 13.8 Å². The molecule has 0 bridgehead atoms. The van der Waals surface area contributed by atoms with Crippen LogP contribution < -0.4 is 26.5 Å². The van der Waals surface area contributed by atoms with E-state index in [2.05, 4.69) is 159 Å². The van der Waals surface area contributed by atoms with Gasteiger partial charge in [-0.1, -0.05) is 171 Å². The van der Waals surface area contributed by atoms with Crippen LogP contribution in [0.3, 0.4) is 0 Å². The molecule has 2 heterocycles. The fourth-order valence-corrected chi connectivity index (χ4v) is 12.3. The van der Waals surface area contributed by atoms with E-state index >= 15 is 0 Å². The normalized spacial score (nSPS) is 23.9. The van der Waals surface area contributed by atoms with Crippen molar-refractivity contribution in [2.45, 2.75) is 141 Å². The molecule has 410 valence electrons. The lowest BCUT2D eigenvalue weighted by Gasteiger charge is -2.24. The van der Waals surface area contributed by atoms with Crippen molar-refractivity contribution >= 4 is 87.7 Å². The number of aliphatic hydroxyl groups is 2. The molecule has 2 saturated carbocycles. The Morgan fingerprint density at radius 2 is 0.868 bits per heavy atom. The summed E-state index contributed by atoms with van der Waals surface area (Å²) in [7, 11) is -0.446. The Balaban J connectivity index is 0.000000210. The monoisotopic (exact) mass is 1100 g/mol. The van der Waals surface area contributed by atoms with E-state index in [4.69, 9.17) is 5.11 Å². The van der Waals surface area contributed by atoms with Crippen LogP contribution in [-0.4, -0.2) is 103 Å². The minimum atomic E-state index is -0.898. The summed E-state index contributed by atoms with van der Waals surface area (Å²) in [5, 5.41) is 44.7. The van der Waals surface area contributed by atoms with Crippen LogP contribution in [0.1, 0.15) is 117 Å². The molecule has 0 spiro atoms. The minimum absolute atomic E-state index is 0.0668. The van der Waals surface area contributed by atoms with Crippen molar-refractivity contribution in [2.24, 2.45) is 32.0 Å². The fourth-order valence-electron chi connectivity index (χ4n) is 7.72. The molecule has 4 fully saturated rings. The second-order valence-electron chi connectivity index (χ2n) is 19.0. The third kappa shape index (κ3) is 20.3. The van der Waals surface area contributed by atoms with E-state index in [-0.39, 0.29) is 61.2 Å². The minimum Gasteiger partial charge on any atom is -0.478 e. The molecule has 19 heteroatoms. The highest BCUT2D eigenvalue weighted by Crippen LogP contribution is 2.40. The third-order valence-corrected chi connectivity index (χ3v) is 18.3. The molecule has 4 aromatic carbocycles. The summed E-state index contributed by atoms with van der Waals surface area (Å²) in [5.74, 6) is -0.184. The highest BCUT2D eigenvalue weighted by atomic mass is 32.2. The van der Waals surface area contributed by atoms with E-state index in [9.17, 15) is 34.2 Å². The van der Waals surface area contributed by atoms with Crippen molar-refractivity contribution in [3.05, 3.63) is 127 Å². The number of carboxylic acid groups (broad SMARTS) is 1. The average Bonchev–Trinajstić information content (AvgIpc) is 3.88. The van der Waals surface area contributed by atoms with Crippen LogP contribution in [0.2, 0.25) is 0 Å². The van der Waals surface area contributed by atoms with Gasteiger partial charge in [0.1, 0.15) is 9.49 Å². The molecule has 2 saturated heterocycles. The number of ether oxygens (including phenoxy) is 2. The molecule has 16 nitrogen and oxygen atoms in total. The standard InChI is InChI=1S/C18H15P.2C13H22N2O2S.C7H6O2.C6H10N2O4/c1-4-10-16(11-5-1)19(17-12-6-2-7-13-17)18-14-8-3-9-15-18;2*1-8(2)13(3)11(17)15-12(18-13)14-9-4-6-10(16)7-5-9;8-7(9)6-4-2-1-3-5-6;1-3-11-5(9)7-8-6(10)12-4-2/h1-15H;2*8-10,16H,4-7H2,1-3H3,(H,14,15,17);1-5H,(H,8,9);3-4H2,1-2H3. The van der Waals surface area contributed by atoms with Crippen molar-refractivity contribution in [3.8, 4) is 0 Å². The molecule has 4 amide bonds. The summed E-state index contributed by atoms with van der Waals surface area (Å²) in [5.41, 5.74) is 0.331. The fraction of sp³-hybridized carbons (Fsp3) is 0.456. The largest absolute Gasteiger partial charge is 0.478 e. The molecule has 8 rings (SSSR count). The van der Waals surface area contributed by atoms with Gasteiger partial charge in [-0.05, 0) is 127 Å². The molecule has 2 aliphatic carbocycles. The summed E-state index contributed by atoms with van der Waals surface area (Å²) in [6, 6.07) is 41.1. The molecule has 4 aromatic rings. The summed E-state index contributed by atoms with van der Waals surface area (Å²) in [6.45, 7) is 15.8. The van der Waals surface area contributed by atoms with E-state index < -0.39 is 35.6 Å². The Bertz CT molecular complexity index is 2350. The van der Waals surface area contributed by atoms with Crippen molar-refractivity contribution in [2.75, 3.05) is 13.2 Å². The zero-order valence-electron chi connectivity index (χ0n) is 44.8. The Hall–Kier alpha value is -5.78. The van der Waals surface area contributed by atoms with E-state index in [0.29, 0.717) is 5.56 Å². The molecule has 0 aromatic heterocycles. The van der Waals surface area contributed by atoms with Crippen LogP contribution in [0, 0.1) is 11.8 Å². The van der Waals surface area contributed by atoms with Gasteiger partial charge in [-0.25, -0.2) is 14.4 Å². The number of benzene rings is 4. The number of rotatable bonds is 10. The van der Waals surface area contributed by atoms with Crippen molar-refractivity contribution in [3.63, 3.8) is 0 Å². The van der Waals surface area contributed by atoms with Gasteiger partial charge >= 0.3 is 18.2 Å². The van der Waals surface area contributed by atoms with Gasteiger partial charge in [0.05, 0.1) is 43.1 Å². The van der Waals surface area contributed by atoms with E-state index in [1.165, 1.54) is 15.9 Å².